The Kier molecular flexibility index (Phi) is 5.11. The normalized spacial score (nSPS) is 12.2. The third-order valence-corrected chi connectivity index (χ3v) is 10.4. The molecule has 0 amide bonds. The molecule has 0 aliphatic heterocycles. The van der Waals surface area contributed by atoms with Crippen molar-refractivity contribution in [1.29, 1.82) is 0 Å². The summed E-state index contributed by atoms with van der Waals surface area (Å²) < 4.78 is 4.80. The van der Waals surface area contributed by atoms with Crippen molar-refractivity contribution < 1.29 is 0 Å². The van der Waals surface area contributed by atoms with Crippen LogP contribution >= 0.6 is 0 Å². The molecule has 0 N–H and O–H groups in total. The van der Waals surface area contributed by atoms with E-state index in [0.29, 0.717) is 0 Å². The van der Waals surface area contributed by atoms with Crippen LogP contribution in [0.2, 0.25) is 0 Å². The lowest BCUT2D eigenvalue weighted by Crippen LogP contribution is -1.96. The maximum absolute atomic E-state index is 4.59. The van der Waals surface area contributed by atoms with Crippen molar-refractivity contribution in [2.24, 2.45) is 0 Å². The molecule has 0 radical (unpaired) electrons. The van der Waals surface area contributed by atoms with E-state index in [-0.39, 0.29) is 0 Å². The summed E-state index contributed by atoms with van der Waals surface area (Å²) in [5.74, 6) is 0. The molecule has 10 aromatic rings. The summed E-state index contributed by atoms with van der Waals surface area (Å²) in [6.45, 7) is 0. The summed E-state index contributed by atoms with van der Waals surface area (Å²) in [6, 6.07) is 55.4. The zero-order valence-corrected chi connectivity index (χ0v) is 25.9. The number of hydrogen-bond donors (Lipinski definition) is 0. The van der Waals surface area contributed by atoms with E-state index in [0.717, 1.165) is 10.9 Å². The first kappa shape index (κ1) is 25.7. The molecule has 0 unspecified atom stereocenters. The molecule has 0 spiro atoms. The van der Waals surface area contributed by atoms with Crippen LogP contribution < -0.4 is 0 Å². The molecular weight excluding hydrogens is 583 g/mol. The highest BCUT2D eigenvalue weighted by molar-refractivity contribution is 6.19. The standard InChI is InChI=1S/C45H27N3/c1-2-9-30(10-3-1)47-40-16-7-6-13-33(40)37-25-28(17-20-42(37)47)29-18-21-43-38(26-29)39-27-46-24-23-44(39)48(43)41-22-19-35-32-12-5-4-11-31(32)34-14-8-15-36(41)45(34)35/h1-27H. The van der Waals surface area contributed by atoms with Crippen LogP contribution in [0, 0.1) is 0 Å². The molecule has 0 fully saturated rings. The Morgan fingerprint density at radius 2 is 0.979 bits per heavy atom. The molecule has 1 aliphatic carbocycles. The molecule has 3 heterocycles. The van der Waals surface area contributed by atoms with Crippen LogP contribution in [-0.2, 0) is 0 Å². The molecule has 0 saturated heterocycles. The van der Waals surface area contributed by atoms with Crippen molar-refractivity contribution in [2.75, 3.05) is 0 Å². The van der Waals surface area contributed by atoms with Gasteiger partial charge in [-0.25, -0.2) is 0 Å². The lowest BCUT2D eigenvalue weighted by Gasteiger charge is -2.13. The number of aromatic nitrogens is 3. The van der Waals surface area contributed by atoms with E-state index in [2.05, 4.69) is 166 Å². The Morgan fingerprint density at radius 1 is 0.375 bits per heavy atom. The predicted molar refractivity (Wildman–Crippen MR) is 200 cm³/mol. The average molecular weight is 610 g/mol. The number of hydrogen-bond acceptors (Lipinski definition) is 1. The second-order valence-corrected chi connectivity index (χ2v) is 12.8. The van der Waals surface area contributed by atoms with Crippen molar-refractivity contribution in [1.82, 2.24) is 14.1 Å². The minimum atomic E-state index is 1.16. The Labute approximate surface area is 276 Å². The second-order valence-electron chi connectivity index (χ2n) is 12.8. The van der Waals surface area contributed by atoms with E-state index in [1.54, 1.807) is 0 Å². The summed E-state index contributed by atoms with van der Waals surface area (Å²) in [7, 11) is 0. The lowest BCUT2D eigenvalue weighted by atomic mass is 10.0. The molecule has 3 aromatic heterocycles. The number of nitrogens with zero attached hydrogens (tertiary/aromatic N) is 3. The van der Waals surface area contributed by atoms with Crippen LogP contribution in [0.4, 0.5) is 0 Å². The van der Waals surface area contributed by atoms with Gasteiger partial charge in [0.25, 0.3) is 0 Å². The molecule has 7 aromatic carbocycles. The first-order valence-corrected chi connectivity index (χ1v) is 16.5. The number of rotatable bonds is 3. The van der Waals surface area contributed by atoms with Gasteiger partial charge >= 0.3 is 0 Å². The van der Waals surface area contributed by atoms with Gasteiger partial charge in [0.1, 0.15) is 0 Å². The van der Waals surface area contributed by atoms with Crippen molar-refractivity contribution in [3.05, 3.63) is 164 Å². The first-order chi connectivity index (χ1) is 23.8. The lowest BCUT2D eigenvalue weighted by molar-refractivity contribution is 1.18. The molecule has 222 valence electrons. The van der Waals surface area contributed by atoms with Crippen molar-refractivity contribution >= 4 is 54.4 Å². The van der Waals surface area contributed by atoms with E-state index in [9.17, 15) is 0 Å². The molecule has 3 nitrogen and oxygen atoms in total. The van der Waals surface area contributed by atoms with Gasteiger partial charge in [-0.15, -0.1) is 0 Å². The van der Waals surface area contributed by atoms with Crippen LogP contribution in [-0.4, -0.2) is 14.1 Å². The maximum atomic E-state index is 4.59. The zero-order chi connectivity index (χ0) is 31.3. The van der Waals surface area contributed by atoms with Gasteiger partial charge in [0.15, 0.2) is 0 Å². The number of pyridine rings is 1. The Morgan fingerprint density at radius 3 is 1.79 bits per heavy atom. The molecule has 3 heteroatoms. The van der Waals surface area contributed by atoms with Crippen LogP contribution in [0.25, 0.3) is 99.1 Å². The van der Waals surface area contributed by atoms with Gasteiger partial charge in [0.2, 0.25) is 0 Å². The van der Waals surface area contributed by atoms with Gasteiger partial charge in [-0.1, -0.05) is 97.1 Å². The van der Waals surface area contributed by atoms with Crippen LogP contribution in [0.5, 0.6) is 0 Å². The smallest absolute Gasteiger partial charge is 0.0572 e. The summed E-state index contributed by atoms with van der Waals surface area (Å²) in [5.41, 5.74) is 14.8. The highest BCUT2D eigenvalue weighted by atomic mass is 15.0. The van der Waals surface area contributed by atoms with Crippen molar-refractivity contribution in [3.8, 4) is 44.8 Å². The van der Waals surface area contributed by atoms with Crippen LogP contribution in [0.3, 0.4) is 0 Å². The van der Waals surface area contributed by atoms with Crippen LogP contribution in [0.1, 0.15) is 0 Å². The number of fused-ring (bicyclic) bond motifs is 9. The summed E-state index contributed by atoms with van der Waals surface area (Å²) in [6.07, 6.45) is 3.93. The summed E-state index contributed by atoms with van der Waals surface area (Å²) in [4.78, 5) is 4.59. The minimum absolute atomic E-state index is 1.16. The van der Waals surface area contributed by atoms with Gasteiger partial charge in [0, 0.05) is 45.0 Å². The molecule has 11 rings (SSSR count). The monoisotopic (exact) mass is 609 g/mol. The molecular formula is C45H27N3. The SMILES string of the molecule is c1ccc(-n2c3ccccc3c3cc(-c4ccc5c(c4)c4cnccc4n5-c4ccc5c6c(cccc46)-c4ccccc4-5)ccc32)cc1. The van der Waals surface area contributed by atoms with E-state index in [4.69, 9.17) is 0 Å². The van der Waals surface area contributed by atoms with Gasteiger partial charge in [-0.2, -0.15) is 0 Å². The highest BCUT2D eigenvalue weighted by Gasteiger charge is 2.24. The Balaban J connectivity index is 1.13. The Hall–Kier alpha value is -6.45. The van der Waals surface area contributed by atoms with Crippen LogP contribution in [0.15, 0.2) is 164 Å². The third kappa shape index (κ3) is 3.40. The second kappa shape index (κ2) is 9.54. The zero-order valence-electron chi connectivity index (χ0n) is 25.9. The van der Waals surface area contributed by atoms with E-state index < -0.39 is 0 Å². The van der Waals surface area contributed by atoms with E-state index in [1.807, 2.05) is 12.4 Å². The fourth-order valence-corrected chi connectivity index (χ4v) is 8.30. The molecule has 1 aliphatic rings. The summed E-state index contributed by atoms with van der Waals surface area (Å²) >= 11 is 0. The minimum Gasteiger partial charge on any atom is -0.309 e. The molecule has 0 saturated carbocycles. The predicted octanol–water partition coefficient (Wildman–Crippen LogP) is 11.7. The topological polar surface area (TPSA) is 22.8 Å². The largest absolute Gasteiger partial charge is 0.309 e. The Bertz CT molecular complexity index is 2910. The van der Waals surface area contributed by atoms with Crippen molar-refractivity contribution in [2.45, 2.75) is 0 Å². The first-order valence-electron chi connectivity index (χ1n) is 16.5. The van der Waals surface area contributed by atoms with Gasteiger partial charge < -0.3 is 9.13 Å². The average Bonchev–Trinajstić information content (AvgIpc) is 3.78. The highest BCUT2D eigenvalue weighted by Crippen LogP contribution is 2.49. The molecule has 0 atom stereocenters. The third-order valence-electron chi connectivity index (χ3n) is 10.4. The number of benzene rings is 7. The molecule has 48 heavy (non-hydrogen) atoms. The van der Waals surface area contributed by atoms with Gasteiger partial charge in [0.05, 0.1) is 27.8 Å². The fourth-order valence-electron chi connectivity index (χ4n) is 8.30. The van der Waals surface area contributed by atoms with Gasteiger partial charge in [-0.05, 0) is 93.4 Å². The quantitative estimate of drug-likeness (QED) is 0.195. The van der Waals surface area contributed by atoms with Crippen molar-refractivity contribution in [3.63, 3.8) is 0 Å². The summed E-state index contributed by atoms with van der Waals surface area (Å²) in [5, 5.41) is 7.47. The molecule has 0 bridgehead atoms. The fraction of sp³-hybridized carbons (Fsp3) is 0. The maximum Gasteiger partial charge on any atom is 0.0572 e. The van der Waals surface area contributed by atoms with E-state index in [1.165, 1.54) is 88.2 Å². The van der Waals surface area contributed by atoms with E-state index >= 15 is 0 Å². The number of para-hydroxylation sites is 2. The van der Waals surface area contributed by atoms with Gasteiger partial charge in [-0.3, -0.25) is 4.98 Å².